The summed E-state index contributed by atoms with van der Waals surface area (Å²) in [5, 5.41) is 5.06. The summed E-state index contributed by atoms with van der Waals surface area (Å²) in [6.07, 6.45) is 10.4. The fraction of sp³-hybridized carbons (Fsp3) is 0.0345. The molecule has 2 aliphatic rings. The van der Waals surface area contributed by atoms with Gasteiger partial charge in [0.1, 0.15) is 0 Å². The molecule has 0 aromatic heterocycles. The Morgan fingerprint density at radius 2 is 0.898 bits per heavy atom. The second-order valence-electron chi connectivity index (χ2n) is 15.6. The third-order valence-electron chi connectivity index (χ3n) is 12.2. The van der Waals surface area contributed by atoms with Gasteiger partial charge < -0.3 is 4.90 Å². The molecule has 0 amide bonds. The van der Waals surface area contributed by atoms with Gasteiger partial charge in [-0.3, -0.25) is 0 Å². The van der Waals surface area contributed by atoms with Gasteiger partial charge >= 0.3 is 0 Å². The molecule has 9 aromatic rings. The Balaban J connectivity index is 1.02. The minimum absolute atomic E-state index is 0.422. The number of rotatable bonds is 7. The number of allylic oxidation sites excluding steroid dienone is 5. The van der Waals surface area contributed by atoms with Gasteiger partial charge in [-0.2, -0.15) is 0 Å². The molecule has 0 fully saturated rings. The molecule has 0 heterocycles. The largest absolute Gasteiger partial charge is 0.310 e. The Labute approximate surface area is 346 Å². The van der Waals surface area contributed by atoms with Crippen molar-refractivity contribution in [1.29, 1.82) is 0 Å². The van der Waals surface area contributed by atoms with Crippen LogP contribution >= 0.6 is 0 Å². The number of hydrogen-bond acceptors (Lipinski definition) is 1. The highest BCUT2D eigenvalue weighted by atomic mass is 15.1. The summed E-state index contributed by atoms with van der Waals surface area (Å²) >= 11 is 0. The number of anilines is 3. The van der Waals surface area contributed by atoms with Crippen LogP contribution in [0.15, 0.2) is 230 Å². The summed E-state index contributed by atoms with van der Waals surface area (Å²) in [4.78, 5) is 2.39. The van der Waals surface area contributed by atoms with Gasteiger partial charge in [0.15, 0.2) is 0 Å². The van der Waals surface area contributed by atoms with E-state index in [1.54, 1.807) is 0 Å². The van der Waals surface area contributed by atoms with E-state index in [0.717, 1.165) is 23.5 Å². The van der Waals surface area contributed by atoms with Crippen molar-refractivity contribution >= 4 is 50.3 Å². The molecule has 0 radical (unpaired) electrons. The van der Waals surface area contributed by atoms with E-state index in [0.29, 0.717) is 5.92 Å². The van der Waals surface area contributed by atoms with Gasteiger partial charge in [-0.25, -0.2) is 0 Å². The van der Waals surface area contributed by atoms with Crippen molar-refractivity contribution in [3.05, 3.63) is 247 Å². The van der Waals surface area contributed by atoms with Crippen LogP contribution in [0.4, 0.5) is 17.1 Å². The van der Waals surface area contributed by atoms with Crippen LogP contribution in [-0.4, -0.2) is 0 Å². The van der Waals surface area contributed by atoms with E-state index >= 15 is 0 Å². The van der Waals surface area contributed by atoms with Crippen LogP contribution < -0.4 is 4.90 Å². The molecular weight excluding hydrogens is 711 g/mol. The highest BCUT2D eigenvalue weighted by Crippen LogP contribution is 2.46. The first-order valence-corrected chi connectivity index (χ1v) is 20.6. The molecule has 0 spiro atoms. The van der Waals surface area contributed by atoms with E-state index in [4.69, 9.17) is 0 Å². The van der Waals surface area contributed by atoms with Crippen LogP contribution in [0.5, 0.6) is 0 Å². The van der Waals surface area contributed by atoms with Crippen molar-refractivity contribution in [2.75, 3.05) is 4.90 Å². The zero-order valence-corrected chi connectivity index (χ0v) is 32.7. The van der Waals surface area contributed by atoms with Gasteiger partial charge in [0, 0.05) is 23.0 Å². The Morgan fingerprint density at radius 3 is 1.56 bits per heavy atom. The van der Waals surface area contributed by atoms with Crippen LogP contribution in [0.25, 0.3) is 66.6 Å². The molecule has 1 atom stereocenters. The SMILES string of the molecule is C1=Cc2ccccc2C2CC=C(c3ccc(N(c4ccc(-c5c(-c6ccccc6)c6ccccc6c6ccccc56)cc4)c4cccc(-c5ccccc5)c4)cc3)C=C12. The summed E-state index contributed by atoms with van der Waals surface area (Å²) in [6, 6.07) is 75.3. The standard InChI is InChI=1S/C58H41N/c1-3-14-40(15-4-1)45-19-13-20-50(39-45)59(48-33-28-41(29-34-48)46-32-37-52-47(38-46)27-26-42-16-7-8-21-51(42)52)49-35-30-44(31-36-49)58-56-25-12-10-23-54(56)53-22-9-11-24-55(53)57(58)43-17-5-2-6-18-43/h1-36,38-39,52H,37H2. The molecule has 0 saturated carbocycles. The number of fused-ring (bicyclic) bond motifs is 6. The minimum atomic E-state index is 0.422. The first-order chi connectivity index (χ1) is 29.3. The van der Waals surface area contributed by atoms with Gasteiger partial charge in [-0.15, -0.1) is 0 Å². The Kier molecular flexibility index (Phi) is 8.71. The molecule has 0 N–H and O–H groups in total. The molecule has 11 rings (SSSR count). The monoisotopic (exact) mass is 751 g/mol. The maximum Gasteiger partial charge on any atom is 0.0467 e. The lowest BCUT2D eigenvalue weighted by Gasteiger charge is -2.28. The Morgan fingerprint density at radius 1 is 0.373 bits per heavy atom. The maximum absolute atomic E-state index is 2.42. The molecule has 0 aliphatic heterocycles. The number of hydrogen-bond donors (Lipinski definition) is 0. The molecule has 0 bridgehead atoms. The molecule has 1 nitrogen and oxygen atoms in total. The molecule has 278 valence electrons. The molecule has 2 aliphatic carbocycles. The zero-order valence-electron chi connectivity index (χ0n) is 32.7. The third-order valence-corrected chi connectivity index (χ3v) is 12.2. The van der Waals surface area contributed by atoms with E-state index in [-0.39, 0.29) is 0 Å². The molecule has 0 saturated heterocycles. The first kappa shape index (κ1) is 34.7. The Hall–Kier alpha value is -7.48. The van der Waals surface area contributed by atoms with Crippen LogP contribution in [0.1, 0.15) is 29.0 Å². The van der Waals surface area contributed by atoms with Gasteiger partial charge in [0.25, 0.3) is 0 Å². The fourth-order valence-electron chi connectivity index (χ4n) is 9.39. The quantitative estimate of drug-likeness (QED) is 0.147. The van der Waals surface area contributed by atoms with E-state index < -0.39 is 0 Å². The van der Waals surface area contributed by atoms with E-state index in [2.05, 4.69) is 235 Å². The zero-order chi connectivity index (χ0) is 39.1. The molecule has 59 heavy (non-hydrogen) atoms. The van der Waals surface area contributed by atoms with Crippen molar-refractivity contribution in [2.24, 2.45) is 0 Å². The summed E-state index contributed by atoms with van der Waals surface area (Å²) in [6.45, 7) is 0. The smallest absolute Gasteiger partial charge is 0.0467 e. The van der Waals surface area contributed by atoms with Gasteiger partial charge in [-0.05, 0) is 126 Å². The Bertz CT molecular complexity index is 3100. The van der Waals surface area contributed by atoms with Crippen molar-refractivity contribution in [2.45, 2.75) is 12.3 Å². The second-order valence-corrected chi connectivity index (χ2v) is 15.6. The van der Waals surface area contributed by atoms with Crippen molar-refractivity contribution in [1.82, 2.24) is 0 Å². The maximum atomic E-state index is 2.42. The molecule has 9 aromatic carbocycles. The van der Waals surface area contributed by atoms with Crippen LogP contribution in [0, 0.1) is 0 Å². The normalized spacial score (nSPS) is 14.3. The molecule has 1 heteroatoms. The van der Waals surface area contributed by atoms with Crippen molar-refractivity contribution in [3.8, 4) is 33.4 Å². The van der Waals surface area contributed by atoms with Gasteiger partial charge in [0.2, 0.25) is 0 Å². The lowest BCUT2D eigenvalue weighted by atomic mass is 9.77. The van der Waals surface area contributed by atoms with Gasteiger partial charge in [0.05, 0.1) is 0 Å². The molecule has 1 unspecified atom stereocenters. The lowest BCUT2D eigenvalue weighted by molar-refractivity contribution is 0.813. The summed E-state index contributed by atoms with van der Waals surface area (Å²) in [5.41, 5.74) is 17.3. The molecular formula is C58H41N. The van der Waals surface area contributed by atoms with Gasteiger partial charge in [-0.1, -0.05) is 194 Å². The fourth-order valence-corrected chi connectivity index (χ4v) is 9.39. The predicted octanol–water partition coefficient (Wildman–Crippen LogP) is 16.0. The highest BCUT2D eigenvalue weighted by Gasteiger charge is 2.24. The minimum Gasteiger partial charge on any atom is -0.310 e. The number of benzene rings is 9. The van der Waals surface area contributed by atoms with Crippen LogP contribution in [0.3, 0.4) is 0 Å². The van der Waals surface area contributed by atoms with E-state index in [1.807, 2.05) is 0 Å². The number of nitrogens with zero attached hydrogens (tertiary/aromatic N) is 1. The van der Waals surface area contributed by atoms with Crippen molar-refractivity contribution < 1.29 is 0 Å². The van der Waals surface area contributed by atoms with Crippen LogP contribution in [0.2, 0.25) is 0 Å². The highest BCUT2D eigenvalue weighted by molar-refractivity contribution is 6.21. The lowest BCUT2D eigenvalue weighted by Crippen LogP contribution is -2.11. The third kappa shape index (κ3) is 6.29. The summed E-state index contributed by atoms with van der Waals surface area (Å²) in [5.74, 6) is 0.422. The van der Waals surface area contributed by atoms with E-state index in [9.17, 15) is 0 Å². The topological polar surface area (TPSA) is 3.24 Å². The predicted molar refractivity (Wildman–Crippen MR) is 251 cm³/mol. The summed E-state index contributed by atoms with van der Waals surface area (Å²) < 4.78 is 0. The van der Waals surface area contributed by atoms with E-state index in [1.165, 1.54) is 82.8 Å². The average Bonchev–Trinajstić information content (AvgIpc) is 3.32. The average molecular weight is 752 g/mol. The van der Waals surface area contributed by atoms with Crippen molar-refractivity contribution in [3.63, 3.8) is 0 Å². The van der Waals surface area contributed by atoms with Crippen LogP contribution in [-0.2, 0) is 0 Å². The second kappa shape index (κ2) is 14.8. The first-order valence-electron chi connectivity index (χ1n) is 20.6. The summed E-state index contributed by atoms with van der Waals surface area (Å²) in [7, 11) is 0.